The number of hydrogen-bond donors (Lipinski definition) is 0. The topological polar surface area (TPSA) is 20.3 Å². The number of rotatable bonds is 3. The van der Waals surface area contributed by atoms with Crippen LogP contribution >= 0.6 is 11.6 Å². The molecule has 2 rings (SSSR count). The maximum absolute atomic E-state index is 12.2. The number of halogens is 1. The zero-order chi connectivity index (χ0) is 13.0. The summed E-state index contributed by atoms with van der Waals surface area (Å²) in [5.41, 5.74) is 1.06. The van der Waals surface area contributed by atoms with Crippen LogP contribution in [-0.4, -0.2) is 17.4 Å². The lowest BCUT2D eigenvalue weighted by atomic mass is 10.1. The Kier molecular flexibility index (Phi) is 4.21. The predicted molar refractivity (Wildman–Crippen MR) is 74.3 cm³/mol. The normalized spacial score (nSPS) is 17.9. The Labute approximate surface area is 113 Å². The molecule has 1 aliphatic heterocycles. The van der Waals surface area contributed by atoms with Crippen molar-refractivity contribution in [3.05, 3.63) is 59.7 Å². The van der Waals surface area contributed by atoms with E-state index in [-0.39, 0.29) is 11.9 Å². The molecule has 1 aromatic carbocycles. The van der Waals surface area contributed by atoms with Crippen LogP contribution in [0.15, 0.2) is 54.1 Å². The molecule has 0 N–H and O–H groups in total. The summed E-state index contributed by atoms with van der Waals surface area (Å²) in [6.07, 6.45) is 5.37. The van der Waals surface area contributed by atoms with Crippen LogP contribution in [0.2, 0.25) is 0 Å². The van der Waals surface area contributed by atoms with Gasteiger partial charge in [-0.15, -0.1) is 6.58 Å². The maximum atomic E-state index is 12.2. The third kappa shape index (κ3) is 2.65. The summed E-state index contributed by atoms with van der Waals surface area (Å²) < 4.78 is 0. The van der Waals surface area contributed by atoms with E-state index in [2.05, 4.69) is 6.58 Å². The number of benzene rings is 1. The van der Waals surface area contributed by atoms with Crippen LogP contribution in [0.5, 0.6) is 0 Å². The van der Waals surface area contributed by atoms with Gasteiger partial charge in [0.2, 0.25) is 0 Å². The van der Waals surface area contributed by atoms with E-state index in [0.717, 1.165) is 18.4 Å². The summed E-state index contributed by atoms with van der Waals surface area (Å²) in [4.78, 5) is 14.0. The van der Waals surface area contributed by atoms with Gasteiger partial charge in [-0.1, -0.05) is 54.1 Å². The Morgan fingerprint density at radius 2 is 2.06 bits per heavy atom. The summed E-state index contributed by atoms with van der Waals surface area (Å²) in [7, 11) is 0. The Morgan fingerprint density at radius 3 is 2.72 bits per heavy atom. The van der Waals surface area contributed by atoms with Gasteiger partial charge in [-0.3, -0.25) is 4.79 Å². The summed E-state index contributed by atoms with van der Waals surface area (Å²) in [5.74, 6) is -0.108. The maximum Gasteiger partial charge on any atom is 0.265 e. The fourth-order valence-electron chi connectivity index (χ4n) is 2.18. The SMILES string of the molecule is C=CC(c1ccccc1)N1CCCC=C(Cl)C1=O. The van der Waals surface area contributed by atoms with Gasteiger partial charge in [0.1, 0.15) is 5.03 Å². The van der Waals surface area contributed by atoms with Gasteiger partial charge in [0.25, 0.3) is 5.91 Å². The van der Waals surface area contributed by atoms with Crippen molar-refractivity contribution in [3.63, 3.8) is 0 Å². The molecule has 2 nitrogen and oxygen atoms in total. The highest BCUT2D eigenvalue weighted by molar-refractivity contribution is 6.42. The fourth-order valence-corrected chi connectivity index (χ4v) is 2.39. The molecule has 0 radical (unpaired) electrons. The van der Waals surface area contributed by atoms with Gasteiger partial charge >= 0.3 is 0 Å². The van der Waals surface area contributed by atoms with Crippen molar-refractivity contribution in [1.29, 1.82) is 0 Å². The van der Waals surface area contributed by atoms with E-state index in [0.29, 0.717) is 11.6 Å². The molecule has 0 aromatic heterocycles. The first-order valence-corrected chi connectivity index (χ1v) is 6.46. The predicted octanol–water partition coefficient (Wildman–Crippen LogP) is 3.66. The van der Waals surface area contributed by atoms with Crippen molar-refractivity contribution < 1.29 is 4.79 Å². The standard InChI is InChI=1S/C15H16ClNO/c1-2-14(12-8-4-3-5-9-12)17-11-7-6-10-13(16)15(17)18/h2-5,8-10,14H,1,6-7,11H2. The van der Waals surface area contributed by atoms with Crippen LogP contribution in [-0.2, 0) is 4.79 Å². The van der Waals surface area contributed by atoms with Gasteiger partial charge in [0.05, 0.1) is 6.04 Å². The smallest absolute Gasteiger partial charge is 0.265 e. The monoisotopic (exact) mass is 261 g/mol. The lowest BCUT2D eigenvalue weighted by molar-refractivity contribution is -0.127. The minimum absolute atomic E-state index is 0.108. The molecule has 18 heavy (non-hydrogen) atoms. The highest BCUT2D eigenvalue weighted by Crippen LogP contribution is 2.26. The van der Waals surface area contributed by atoms with Gasteiger partial charge < -0.3 is 4.90 Å². The van der Waals surface area contributed by atoms with Gasteiger partial charge in [0.15, 0.2) is 0 Å². The zero-order valence-corrected chi connectivity index (χ0v) is 10.9. The third-order valence-electron chi connectivity index (χ3n) is 3.09. The van der Waals surface area contributed by atoms with E-state index < -0.39 is 0 Å². The first kappa shape index (κ1) is 12.9. The Bertz CT molecular complexity index is 467. The minimum Gasteiger partial charge on any atom is -0.327 e. The quantitative estimate of drug-likeness (QED) is 0.761. The van der Waals surface area contributed by atoms with Crippen LogP contribution < -0.4 is 0 Å². The van der Waals surface area contributed by atoms with E-state index in [1.165, 1.54) is 0 Å². The molecule has 1 amide bonds. The van der Waals surface area contributed by atoms with E-state index in [1.807, 2.05) is 30.3 Å². The molecular weight excluding hydrogens is 246 g/mol. The number of carbonyl (C=O) groups is 1. The summed E-state index contributed by atoms with van der Waals surface area (Å²) in [5, 5.41) is 0.315. The number of hydrogen-bond acceptors (Lipinski definition) is 1. The first-order valence-electron chi connectivity index (χ1n) is 6.08. The number of carbonyl (C=O) groups excluding carboxylic acids is 1. The van der Waals surface area contributed by atoms with E-state index >= 15 is 0 Å². The van der Waals surface area contributed by atoms with Crippen LogP contribution in [0.1, 0.15) is 24.4 Å². The molecular formula is C15H16ClNO. The van der Waals surface area contributed by atoms with Crippen molar-refractivity contribution in [3.8, 4) is 0 Å². The van der Waals surface area contributed by atoms with E-state index in [1.54, 1.807) is 17.1 Å². The van der Waals surface area contributed by atoms with E-state index in [9.17, 15) is 4.79 Å². The van der Waals surface area contributed by atoms with Crippen molar-refractivity contribution in [2.45, 2.75) is 18.9 Å². The Hall–Kier alpha value is -1.54. The highest BCUT2D eigenvalue weighted by atomic mass is 35.5. The lowest BCUT2D eigenvalue weighted by Crippen LogP contribution is -2.34. The number of amides is 1. The summed E-state index contributed by atoms with van der Waals surface area (Å²) in [6, 6.07) is 9.78. The Morgan fingerprint density at radius 1 is 1.33 bits per heavy atom. The largest absolute Gasteiger partial charge is 0.327 e. The molecule has 0 saturated carbocycles. The number of nitrogens with zero attached hydrogens (tertiary/aromatic N) is 1. The van der Waals surface area contributed by atoms with Crippen LogP contribution in [0.4, 0.5) is 0 Å². The molecule has 1 heterocycles. The van der Waals surface area contributed by atoms with Gasteiger partial charge in [-0.2, -0.15) is 0 Å². The molecule has 0 spiro atoms. The number of allylic oxidation sites excluding steroid dienone is 1. The highest BCUT2D eigenvalue weighted by Gasteiger charge is 2.25. The molecule has 0 bridgehead atoms. The molecule has 1 atom stereocenters. The van der Waals surface area contributed by atoms with Crippen molar-refractivity contribution in [1.82, 2.24) is 4.90 Å². The van der Waals surface area contributed by atoms with Crippen LogP contribution in [0.3, 0.4) is 0 Å². The van der Waals surface area contributed by atoms with Gasteiger partial charge in [-0.05, 0) is 18.4 Å². The first-order chi connectivity index (χ1) is 8.74. The molecule has 3 heteroatoms. The molecule has 0 fully saturated rings. The average molecular weight is 262 g/mol. The van der Waals surface area contributed by atoms with Crippen LogP contribution in [0, 0.1) is 0 Å². The van der Waals surface area contributed by atoms with Gasteiger partial charge in [0, 0.05) is 6.54 Å². The molecule has 1 aliphatic rings. The molecule has 1 unspecified atom stereocenters. The third-order valence-corrected chi connectivity index (χ3v) is 3.41. The molecule has 0 saturated heterocycles. The van der Waals surface area contributed by atoms with E-state index in [4.69, 9.17) is 11.6 Å². The second-order valence-corrected chi connectivity index (χ2v) is 4.69. The Balaban J connectivity index is 2.30. The summed E-state index contributed by atoms with van der Waals surface area (Å²) in [6.45, 7) is 4.55. The fraction of sp³-hybridized carbons (Fsp3) is 0.267. The molecule has 1 aromatic rings. The lowest BCUT2D eigenvalue weighted by Gasteiger charge is -2.29. The van der Waals surface area contributed by atoms with Gasteiger partial charge in [-0.25, -0.2) is 0 Å². The summed E-state index contributed by atoms with van der Waals surface area (Å²) >= 11 is 5.99. The second kappa shape index (κ2) is 5.87. The van der Waals surface area contributed by atoms with Crippen LogP contribution in [0.25, 0.3) is 0 Å². The zero-order valence-electron chi connectivity index (χ0n) is 10.2. The van der Waals surface area contributed by atoms with Crippen molar-refractivity contribution in [2.24, 2.45) is 0 Å². The van der Waals surface area contributed by atoms with Crippen molar-refractivity contribution >= 4 is 17.5 Å². The second-order valence-electron chi connectivity index (χ2n) is 4.28. The van der Waals surface area contributed by atoms with Crippen molar-refractivity contribution in [2.75, 3.05) is 6.54 Å². The molecule has 0 aliphatic carbocycles. The molecule has 94 valence electrons. The minimum atomic E-state index is -0.112. The average Bonchev–Trinajstić information content (AvgIpc) is 2.56.